The fourth-order valence-corrected chi connectivity index (χ4v) is 3.73. The van der Waals surface area contributed by atoms with Crippen LogP contribution >= 0.6 is 0 Å². The lowest BCUT2D eigenvalue weighted by Gasteiger charge is -2.13. The Labute approximate surface area is 195 Å². The minimum Gasteiger partial charge on any atom is -0.493 e. The number of nitrogens with zero attached hydrogens (tertiary/aromatic N) is 2. The molecule has 7 heteroatoms. The third-order valence-corrected chi connectivity index (χ3v) is 5.43. The first-order valence-corrected chi connectivity index (χ1v) is 10.6. The third-order valence-electron chi connectivity index (χ3n) is 5.43. The van der Waals surface area contributed by atoms with E-state index in [1.54, 1.807) is 38.7 Å². The molecule has 0 fully saturated rings. The predicted molar refractivity (Wildman–Crippen MR) is 131 cm³/mol. The molecule has 0 unspecified atom stereocenters. The van der Waals surface area contributed by atoms with E-state index in [0.29, 0.717) is 34.2 Å². The van der Waals surface area contributed by atoms with E-state index in [1.807, 2.05) is 54.6 Å². The molecule has 1 N–H and O–H groups in total. The summed E-state index contributed by atoms with van der Waals surface area (Å²) in [6.45, 7) is 0. The van der Waals surface area contributed by atoms with Crippen LogP contribution in [0.5, 0.6) is 23.0 Å². The fourth-order valence-electron chi connectivity index (χ4n) is 3.73. The highest BCUT2D eigenvalue weighted by atomic mass is 16.5. The molecule has 2 aromatic heterocycles. The highest BCUT2D eigenvalue weighted by Gasteiger charge is 2.12. The highest BCUT2D eigenvalue weighted by molar-refractivity contribution is 6.05. The van der Waals surface area contributed by atoms with Gasteiger partial charge < -0.3 is 19.5 Å². The van der Waals surface area contributed by atoms with Gasteiger partial charge in [0.15, 0.2) is 11.5 Å². The number of methoxy groups -OCH3 is 2. The van der Waals surface area contributed by atoms with Gasteiger partial charge in [-0.2, -0.15) is 0 Å². The van der Waals surface area contributed by atoms with Gasteiger partial charge in [0.25, 0.3) is 5.91 Å². The van der Waals surface area contributed by atoms with Crippen LogP contribution in [0.1, 0.15) is 10.4 Å². The predicted octanol–water partition coefficient (Wildman–Crippen LogP) is 5.84. The Morgan fingerprint density at radius 2 is 1.62 bits per heavy atom. The molecule has 1 amide bonds. The largest absolute Gasteiger partial charge is 0.493 e. The third kappa shape index (κ3) is 4.19. The normalized spacial score (nSPS) is 10.8. The number of carbonyl (C=O) groups excluding carboxylic acids is 1. The minimum absolute atomic E-state index is 0.205. The maximum absolute atomic E-state index is 12.4. The van der Waals surface area contributed by atoms with Crippen LogP contribution in [0.25, 0.3) is 21.7 Å². The summed E-state index contributed by atoms with van der Waals surface area (Å²) in [5.74, 6) is 2.35. The number of ether oxygens (including phenoxy) is 3. The van der Waals surface area contributed by atoms with Crippen LogP contribution in [0.2, 0.25) is 0 Å². The molecule has 0 radical (unpaired) electrons. The number of benzene rings is 3. The first kappa shape index (κ1) is 21.2. The van der Waals surface area contributed by atoms with E-state index in [0.717, 1.165) is 21.7 Å². The second-order valence-corrected chi connectivity index (χ2v) is 7.56. The molecule has 5 rings (SSSR count). The Kier molecular flexibility index (Phi) is 5.66. The second kappa shape index (κ2) is 9.07. The smallest absolute Gasteiger partial charge is 0.257 e. The lowest BCUT2D eigenvalue weighted by atomic mass is 10.1. The number of nitrogens with one attached hydrogen (secondary N) is 1. The maximum atomic E-state index is 12.4. The molecule has 5 aromatic rings. The summed E-state index contributed by atoms with van der Waals surface area (Å²) in [6, 6.07) is 20.5. The van der Waals surface area contributed by atoms with E-state index < -0.39 is 0 Å². The number of amides is 1. The Morgan fingerprint density at radius 1 is 0.824 bits per heavy atom. The highest BCUT2D eigenvalue weighted by Crippen LogP contribution is 2.37. The number of fused-ring (bicyclic) bond motifs is 2. The van der Waals surface area contributed by atoms with Gasteiger partial charge in [-0.1, -0.05) is 12.1 Å². The first-order chi connectivity index (χ1) is 16.6. The lowest BCUT2D eigenvalue weighted by molar-refractivity contribution is 0.102. The van der Waals surface area contributed by atoms with Crippen molar-refractivity contribution in [3.05, 3.63) is 90.9 Å². The molecule has 0 saturated carbocycles. The van der Waals surface area contributed by atoms with Crippen molar-refractivity contribution in [1.82, 2.24) is 9.97 Å². The summed E-state index contributed by atoms with van der Waals surface area (Å²) in [5, 5.41) is 5.67. The Morgan fingerprint density at radius 3 is 2.41 bits per heavy atom. The van der Waals surface area contributed by atoms with Crippen LogP contribution in [-0.2, 0) is 0 Å². The van der Waals surface area contributed by atoms with Gasteiger partial charge in [0, 0.05) is 35.7 Å². The zero-order chi connectivity index (χ0) is 23.5. The van der Waals surface area contributed by atoms with Gasteiger partial charge in [0.2, 0.25) is 0 Å². The van der Waals surface area contributed by atoms with Crippen molar-refractivity contribution in [3.8, 4) is 23.0 Å². The number of carbonyl (C=O) groups is 1. The number of rotatable bonds is 6. The number of hydrogen-bond acceptors (Lipinski definition) is 6. The van der Waals surface area contributed by atoms with Crippen LogP contribution in [0, 0.1) is 0 Å². The van der Waals surface area contributed by atoms with Crippen molar-refractivity contribution in [2.75, 3.05) is 19.5 Å². The molecule has 168 valence electrons. The zero-order valence-corrected chi connectivity index (χ0v) is 18.6. The van der Waals surface area contributed by atoms with Crippen molar-refractivity contribution in [1.29, 1.82) is 0 Å². The van der Waals surface area contributed by atoms with E-state index in [2.05, 4.69) is 15.3 Å². The van der Waals surface area contributed by atoms with Crippen LogP contribution in [0.4, 0.5) is 5.69 Å². The average molecular weight is 451 g/mol. The standard InChI is InChI=1S/C27H21N3O4/c1-32-25-14-22-23(15-26(25)33-2)29-11-9-24(22)34-21-8-6-17-12-20(7-5-18(17)13-21)30-27(31)19-4-3-10-28-16-19/h3-16H,1-2H3,(H,30,31). The number of anilines is 1. The summed E-state index contributed by atoms with van der Waals surface area (Å²) >= 11 is 0. The summed E-state index contributed by atoms with van der Waals surface area (Å²) in [4.78, 5) is 20.8. The van der Waals surface area contributed by atoms with Gasteiger partial charge in [0.05, 0.1) is 25.3 Å². The summed E-state index contributed by atoms with van der Waals surface area (Å²) in [6.07, 6.45) is 4.87. The summed E-state index contributed by atoms with van der Waals surface area (Å²) in [5.41, 5.74) is 1.95. The molecule has 34 heavy (non-hydrogen) atoms. The summed E-state index contributed by atoms with van der Waals surface area (Å²) in [7, 11) is 3.19. The molecule has 0 aliphatic rings. The molecular formula is C27H21N3O4. The van der Waals surface area contributed by atoms with Gasteiger partial charge in [-0.05, 0) is 59.3 Å². The molecule has 0 saturated heterocycles. The van der Waals surface area contributed by atoms with Gasteiger partial charge in [0.1, 0.15) is 11.5 Å². The molecular weight excluding hydrogens is 430 g/mol. The monoisotopic (exact) mass is 451 g/mol. The Bertz CT molecular complexity index is 1500. The van der Waals surface area contributed by atoms with E-state index in [-0.39, 0.29) is 5.91 Å². The number of hydrogen-bond donors (Lipinski definition) is 1. The fraction of sp³-hybridized carbons (Fsp3) is 0.0741. The maximum Gasteiger partial charge on any atom is 0.257 e. The Balaban J connectivity index is 1.41. The molecule has 0 aliphatic heterocycles. The van der Waals surface area contributed by atoms with Crippen molar-refractivity contribution < 1.29 is 19.0 Å². The van der Waals surface area contributed by atoms with Gasteiger partial charge in [-0.3, -0.25) is 14.8 Å². The molecule has 0 atom stereocenters. The van der Waals surface area contributed by atoms with Crippen LogP contribution in [0.3, 0.4) is 0 Å². The molecule has 7 nitrogen and oxygen atoms in total. The van der Waals surface area contributed by atoms with E-state index >= 15 is 0 Å². The average Bonchev–Trinajstić information content (AvgIpc) is 2.88. The van der Waals surface area contributed by atoms with Crippen molar-refractivity contribution >= 4 is 33.3 Å². The lowest BCUT2D eigenvalue weighted by Crippen LogP contribution is -2.11. The quantitative estimate of drug-likeness (QED) is 0.349. The topological polar surface area (TPSA) is 82.6 Å². The molecule has 0 aliphatic carbocycles. The van der Waals surface area contributed by atoms with E-state index in [1.165, 1.54) is 6.20 Å². The molecule has 2 heterocycles. The van der Waals surface area contributed by atoms with Crippen LogP contribution < -0.4 is 19.5 Å². The van der Waals surface area contributed by atoms with E-state index in [4.69, 9.17) is 14.2 Å². The molecule has 3 aromatic carbocycles. The number of aromatic nitrogens is 2. The summed E-state index contributed by atoms with van der Waals surface area (Å²) < 4.78 is 17.0. The SMILES string of the molecule is COc1cc2nccc(Oc3ccc4cc(NC(=O)c5cccnc5)ccc4c3)c2cc1OC. The van der Waals surface area contributed by atoms with Crippen molar-refractivity contribution in [3.63, 3.8) is 0 Å². The van der Waals surface area contributed by atoms with Crippen molar-refractivity contribution in [2.24, 2.45) is 0 Å². The Hall–Kier alpha value is -4.65. The molecule has 0 spiro atoms. The second-order valence-electron chi connectivity index (χ2n) is 7.56. The van der Waals surface area contributed by atoms with Gasteiger partial charge in [-0.25, -0.2) is 0 Å². The molecule has 0 bridgehead atoms. The zero-order valence-electron chi connectivity index (χ0n) is 18.6. The van der Waals surface area contributed by atoms with Crippen molar-refractivity contribution in [2.45, 2.75) is 0 Å². The van der Waals surface area contributed by atoms with E-state index in [9.17, 15) is 4.79 Å². The van der Waals surface area contributed by atoms with Crippen LogP contribution in [-0.4, -0.2) is 30.1 Å². The van der Waals surface area contributed by atoms with Crippen LogP contribution in [0.15, 0.2) is 85.3 Å². The minimum atomic E-state index is -0.205. The van der Waals surface area contributed by atoms with Gasteiger partial charge >= 0.3 is 0 Å². The first-order valence-electron chi connectivity index (χ1n) is 10.6. The van der Waals surface area contributed by atoms with Gasteiger partial charge in [-0.15, -0.1) is 0 Å². The number of pyridine rings is 2.